The number of nitrogens with one attached hydrogen (secondary N) is 1. The van der Waals surface area contributed by atoms with Crippen molar-refractivity contribution in [3.63, 3.8) is 0 Å². The van der Waals surface area contributed by atoms with Crippen molar-refractivity contribution in [3.8, 4) is 5.75 Å². The summed E-state index contributed by atoms with van der Waals surface area (Å²) in [5, 5.41) is 0. The van der Waals surface area contributed by atoms with Gasteiger partial charge in [0, 0.05) is 11.3 Å². The highest BCUT2D eigenvalue weighted by Gasteiger charge is 2.20. The standard InChI is InChI=1S/C20H23NO6S/c1-13-6-5-7-18(14(13)2)26-12-19(22)27-15(3)20(23)16-8-10-17(11-9-16)21-28(4,24)25/h5-11,15,21H,12H2,1-4H3/t15-/m0/s1. The summed E-state index contributed by atoms with van der Waals surface area (Å²) >= 11 is 0. The molecule has 0 saturated carbocycles. The van der Waals surface area contributed by atoms with Crippen LogP contribution in [0.5, 0.6) is 5.75 Å². The second kappa shape index (κ2) is 8.88. The second-order valence-electron chi connectivity index (χ2n) is 6.43. The molecule has 1 atom stereocenters. The molecular weight excluding hydrogens is 382 g/mol. The van der Waals surface area contributed by atoms with E-state index in [4.69, 9.17) is 9.47 Å². The minimum Gasteiger partial charge on any atom is -0.482 e. The summed E-state index contributed by atoms with van der Waals surface area (Å²) < 4.78 is 35.3. The van der Waals surface area contributed by atoms with Crippen LogP contribution in [-0.2, 0) is 19.6 Å². The molecule has 0 bridgehead atoms. The van der Waals surface area contributed by atoms with E-state index in [0.717, 1.165) is 17.4 Å². The van der Waals surface area contributed by atoms with Gasteiger partial charge in [0.05, 0.1) is 6.26 Å². The number of anilines is 1. The number of Topliss-reactive ketones (excluding diaryl/α,β-unsaturated/α-hetero) is 1. The third kappa shape index (κ3) is 6.09. The molecule has 28 heavy (non-hydrogen) atoms. The van der Waals surface area contributed by atoms with Crippen LogP contribution >= 0.6 is 0 Å². The summed E-state index contributed by atoms with van der Waals surface area (Å²) in [5.74, 6) is -0.465. The fraction of sp³-hybridized carbons (Fsp3) is 0.300. The van der Waals surface area contributed by atoms with Crippen molar-refractivity contribution in [1.82, 2.24) is 0 Å². The van der Waals surface area contributed by atoms with Crippen LogP contribution in [0.2, 0.25) is 0 Å². The van der Waals surface area contributed by atoms with Crippen LogP contribution < -0.4 is 9.46 Å². The Kier molecular flexibility index (Phi) is 6.80. The van der Waals surface area contributed by atoms with Crippen molar-refractivity contribution in [2.24, 2.45) is 0 Å². The van der Waals surface area contributed by atoms with E-state index in [9.17, 15) is 18.0 Å². The zero-order valence-electron chi connectivity index (χ0n) is 16.2. The summed E-state index contributed by atoms with van der Waals surface area (Å²) in [4.78, 5) is 24.4. The zero-order chi connectivity index (χ0) is 20.9. The molecule has 7 nitrogen and oxygen atoms in total. The molecule has 0 saturated heterocycles. The van der Waals surface area contributed by atoms with Gasteiger partial charge in [-0.25, -0.2) is 13.2 Å². The number of carbonyl (C=O) groups excluding carboxylic acids is 2. The van der Waals surface area contributed by atoms with E-state index < -0.39 is 27.9 Å². The second-order valence-corrected chi connectivity index (χ2v) is 8.18. The Balaban J connectivity index is 1.92. The van der Waals surface area contributed by atoms with Gasteiger partial charge in [-0.05, 0) is 62.2 Å². The Bertz CT molecular complexity index is 967. The summed E-state index contributed by atoms with van der Waals surface area (Å²) in [7, 11) is -3.40. The number of benzene rings is 2. The van der Waals surface area contributed by atoms with Crippen LogP contribution in [0.3, 0.4) is 0 Å². The zero-order valence-corrected chi connectivity index (χ0v) is 17.0. The van der Waals surface area contributed by atoms with Gasteiger partial charge in [0.25, 0.3) is 0 Å². The largest absolute Gasteiger partial charge is 0.482 e. The molecule has 0 unspecified atom stereocenters. The molecule has 0 radical (unpaired) electrons. The summed E-state index contributed by atoms with van der Waals surface area (Å²) in [6, 6.07) is 11.4. The topological polar surface area (TPSA) is 98.8 Å². The molecule has 0 spiro atoms. The highest BCUT2D eigenvalue weighted by atomic mass is 32.2. The summed E-state index contributed by atoms with van der Waals surface area (Å²) in [6.45, 7) is 5.00. The number of rotatable bonds is 8. The number of hydrogen-bond acceptors (Lipinski definition) is 6. The van der Waals surface area contributed by atoms with E-state index in [1.807, 2.05) is 26.0 Å². The molecule has 2 aromatic carbocycles. The minimum atomic E-state index is -3.40. The average Bonchev–Trinajstić information content (AvgIpc) is 2.61. The molecule has 8 heteroatoms. The van der Waals surface area contributed by atoms with Gasteiger partial charge in [-0.1, -0.05) is 12.1 Å². The van der Waals surface area contributed by atoms with E-state index in [1.165, 1.54) is 31.2 Å². The molecule has 0 aliphatic rings. The fourth-order valence-corrected chi connectivity index (χ4v) is 3.02. The third-order valence-electron chi connectivity index (χ3n) is 4.05. The van der Waals surface area contributed by atoms with E-state index in [1.54, 1.807) is 6.07 Å². The predicted octanol–water partition coefficient (Wildman–Crippen LogP) is 2.87. The first kappa shape index (κ1) is 21.4. The average molecular weight is 405 g/mol. The number of carbonyl (C=O) groups is 2. The van der Waals surface area contributed by atoms with Crippen LogP contribution in [0.4, 0.5) is 5.69 Å². The number of ether oxygens (including phenoxy) is 2. The Morgan fingerprint density at radius 3 is 2.32 bits per heavy atom. The minimum absolute atomic E-state index is 0.301. The van der Waals surface area contributed by atoms with E-state index in [-0.39, 0.29) is 6.61 Å². The van der Waals surface area contributed by atoms with Gasteiger partial charge in [-0.3, -0.25) is 9.52 Å². The summed E-state index contributed by atoms with van der Waals surface area (Å²) in [6.07, 6.45) is 0.0388. The molecule has 2 rings (SSSR count). The SMILES string of the molecule is Cc1cccc(OCC(=O)O[C@@H](C)C(=O)c2ccc(NS(C)(=O)=O)cc2)c1C. The Hall–Kier alpha value is -2.87. The lowest BCUT2D eigenvalue weighted by atomic mass is 10.1. The predicted molar refractivity (Wildman–Crippen MR) is 106 cm³/mol. The molecule has 0 aromatic heterocycles. The lowest BCUT2D eigenvalue weighted by Gasteiger charge is -2.14. The quantitative estimate of drug-likeness (QED) is 0.536. The molecule has 2 aromatic rings. The molecule has 0 amide bonds. The lowest BCUT2D eigenvalue weighted by Crippen LogP contribution is -2.27. The van der Waals surface area contributed by atoms with Crippen molar-refractivity contribution in [1.29, 1.82) is 0 Å². The molecule has 0 aliphatic carbocycles. The molecule has 0 heterocycles. The van der Waals surface area contributed by atoms with Crippen LogP contribution in [0.15, 0.2) is 42.5 Å². The maximum atomic E-state index is 12.4. The van der Waals surface area contributed by atoms with Crippen LogP contribution in [0.25, 0.3) is 0 Å². The molecular formula is C20H23NO6S. The fourth-order valence-electron chi connectivity index (χ4n) is 2.45. The third-order valence-corrected chi connectivity index (χ3v) is 4.66. The molecule has 1 N–H and O–H groups in total. The van der Waals surface area contributed by atoms with Crippen LogP contribution in [0.1, 0.15) is 28.4 Å². The smallest absolute Gasteiger partial charge is 0.344 e. The van der Waals surface area contributed by atoms with Gasteiger partial charge in [-0.15, -0.1) is 0 Å². The number of sulfonamides is 1. The van der Waals surface area contributed by atoms with Gasteiger partial charge >= 0.3 is 5.97 Å². The number of hydrogen-bond donors (Lipinski definition) is 1. The normalized spacial score (nSPS) is 12.1. The van der Waals surface area contributed by atoms with Crippen molar-refractivity contribution in [3.05, 3.63) is 59.2 Å². The monoisotopic (exact) mass is 405 g/mol. The van der Waals surface area contributed by atoms with Gasteiger partial charge in [0.1, 0.15) is 5.75 Å². The van der Waals surface area contributed by atoms with Gasteiger partial charge < -0.3 is 9.47 Å². The lowest BCUT2D eigenvalue weighted by molar-refractivity contribution is -0.148. The maximum Gasteiger partial charge on any atom is 0.344 e. The maximum absolute atomic E-state index is 12.4. The molecule has 0 aliphatic heterocycles. The van der Waals surface area contributed by atoms with Crippen LogP contribution in [0, 0.1) is 13.8 Å². The molecule has 0 fully saturated rings. The first-order chi connectivity index (χ1) is 13.1. The first-order valence-corrected chi connectivity index (χ1v) is 10.5. The summed E-state index contributed by atoms with van der Waals surface area (Å²) in [5.41, 5.74) is 2.62. The Morgan fingerprint density at radius 2 is 1.71 bits per heavy atom. The first-order valence-electron chi connectivity index (χ1n) is 8.57. The van der Waals surface area contributed by atoms with Crippen molar-refractivity contribution >= 4 is 27.5 Å². The van der Waals surface area contributed by atoms with Gasteiger partial charge in [0.2, 0.25) is 15.8 Å². The van der Waals surface area contributed by atoms with Crippen molar-refractivity contribution in [2.75, 3.05) is 17.6 Å². The van der Waals surface area contributed by atoms with Crippen LogP contribution in [-0.4, -0.2) is 39.1 Å². The van der Waals surface area contributed by atoms with Crippen molar-refractivity contribution < 1.29 is 27.5 Å². The Morgan fingerprint density at radius 1 is 1.07 bits per heavy atom. The van der Waals surface area contributed by atoms with E-state index in [0.29, 0.717) is 17.0 Å². The van der Waals surface area contributed by atoms with E-state index >= 15 is 0 Å². The van der Waals surface area contributed by atoms with Crippen molar-refractivity contribution in [2.45, 2.75) is 26.9 Å². The van der Waals surface area contributed by atoms with Gasteiger partial charge in [0.15, 0.2) is 12.7 Å². The number of esters is 1. The highest BCUT2D eigenvalue weighted by molar-refractivity contribution is 7.92. The van der Waals surface area contributed by atoms with E-state index in [2.05, 4.69) is 4.72 Å². The number of ketones is 1. The van der Waals surface area contributed by atoms with Gasteiger partial charge in [-0.2, -0.15) is 0 Å². The number of aryl methyl sites for hydroxylation is 1. The highest BCUT2D eigenvalue weighted by Crippen LogP contribution is 2.20. The molecule has 150 valence electrons. The Labute approximate surface area is 164 Å².